The second-order valence-corrected chi connectivity index (χ2v) is 6.98. The zero-order valence-electron chi connectivity index (χ0n) is 10.4. The highest BCUT2D eigenvalue weighted by Crippen LogP contribution is 2.23. The molecule has 0 aromatic rings. The highest BCUT2D eigenvalue weighted by Gasteiger charge is 2.31. The Morgan fingerprint density at radius 3 is 2.62 bits per heavy atom. The lowest BCUT2D eigenvalue weighted by Crippen LogP contribution is -2.46. The molecule has 1 saturated heterocycles. The molecule has 1 aliphatic rings. The summed E-state index contributed by atoms with van der Waals surface area (Å²) in [4.78, 5) is 0. The lowest BCUT2D eigenvalue weighted by Gasteiger charge is -2.35. The van der Waals surface area contributed by atoms with Gasteiger partial charge in [-0.3, -0.25) is 0 Å². The van der Waals surface area contributed by atoms with Gasteiger partial charge in [0.05, 0.1) is 5.75 Å². The Kier molecular flexibility index (Phi) is 5.21. The van der Waals surface area contributed by atoms with E-state index in [1.54, 1.807) is 4.31 Å². The Hall–Kier alpha value is -0.130. The number of sulfonamides is 1. The van der Waals surface area contributed by atoms with Gasteiger partial charge in [-0.2, -0.15) is 4.31 Å². The maximum Gasteiger partial charge on any atom is 0.214 e. The van der Waals surface area contributed by atoms with Crippen LogP contribution < -0.4 is 5.73 Å². The largest absolute Gasteiger partial charge is 0.330 e. The van der Waals surface area contributed by atoms with E-state index in [0.717, 1.165) is 25.7 Å². The van der Waals surface area contributed by atoms with Crippen molar-refractivity contribution in [3.8, 4) is 0 Å². The standard InChI is InChI=1S/C11H24N2O2S/c1-10(2)9-16(14,15)13-8-4-3-5-11(13)6-7-12/h10-11H,3-9,12H2,1-2H3. The Bertz CT molecular complexity index is 299. The Labute approximate surface area is 99.2 Å². The molecule has 1 fully saturated rings. The molecular weight excluding hydrogens is 224 g/mol. The molecule has 0 aromatic carbocycles. The summed E-state index contributed by atoms with van der Waals surface area (Å²) in [5, 5.41) is 0. The van der Waals surface area contributed by atoms with Crippen molar-refractivity contribution in [2.24, 2.45) is 11.7 Å². The number of hydrogen-bond acceptors (Lipinski definition) is 3. The Morgan fingerprint density at radius 2 is 2.06 bits per heavy atom. The molecule has 96 valence electrons. The van der Waals surface area contributed by atoms with Crippen molar-refractivity contribution in [2.75, 3.05) is 18.8 Å². The molecule has 0 spiro atoms. The molecule has 0 aromatic heterocycles. The van der Waals surface area contributed by atoms with Gasteiger partial charge in [-0.15, -0.1) is 0 Å². The predicted octanol–water partition coefficient (Wildman–Crippen LogP) is 1.18. The maximum absolute atomic E-state index is 12.2. The van der Waals surface area contributed by atoms with Gasteiger partial charge < -0.3 is 5.73 Å². The quantitative estimate of drug-likeness (QED) is 0.794. The van der Waals surface area contributed by atoms with Crippen molar-refractivity contribution in [3.63, 3.8) is 0 Å². The second-order valence-electron chi connectivity index (χ2n) is 5.01. The second kappa shape index (κ2) is 5.98. The monoisotopic (exact) mass is 248 g/mol. The van der Waals surface area contributed by atoms with E-state index in [-0.39, 0.29) is 17.7 Å². The molecule has 16 heavy (non-hydrogen) atoms. The SMILES string of the molecule is CC(C)CS(=O)(=O)N1CCCCC1CCN. The summed E-state index contributed by atoms with van der Waals surface area (Å²) < 4.78 is 26.0. The van der Waals surface area contributed by atoms with Gasteiger partial charge in [0.2, 0.25) is 10.0 Å². The predicted molar refractivity (Wildman–Crippen MR) is 66.6 cm³/mol. The molecular formula is C11H24N2O2S. The van der Waals surface area contributed by atoms with Gasteiger partial charge in [-0.25, -0.2) is 8.42 Å². The highest BCUT2D eigenvalue weighted by atomic mass is 32.2. The molecule has 0 bridgehead atoms. The number of rotatable bonds is 5. The van der Waals surface area contributed by atoms with Crippen LogP contribution >= 0.6 is 0 Å². The fourth-order valence-corrected chi connectivity index (χ4v) is 4.44. The number of piperidine rings is 1. The van der Waals surface area contributed by atoms with Gasteiger partial charge in [0.15, 0.2) is 0 Å². The summed E-state index contributed by atoms with van der Waals surface area (Å²) in [6.45, 7) is 5.14. The fraction of sp³-hybridized carbons (Fsp3) is 1.00. The van der Waals surface area contributed by atoms with Crippen LogP contribution in [0.15, 0.2) is 0 Å². The van der Waals surface area contributed by atoms with Crippen LogP contribution in [0.3, 0.4) is 0 Å². The van der Waals surface area contributed by atoms with Crippen LogP contribution in [0.2, 0.25) is 0 Å². The highest BCUT2D eigenvalue weighted by molar-refractivity contribution is 7.89. The van der Waals surface area contributed by atoms with Crippen LogP contribution in [0.25, 0.3) is 0 Å². The van der Waals surface area contributed by atoms with Crippen LogP contribution in [0.5, 0.6) is 0 Å². The van der Waals surface area contributed by atoms with Crippen LogP contribution in [-0.2, 0) is 10.0 Å². The molecule has 1 atom stereocenters. The molecule has 1 aliphatic heterocycles. The molecule has 1 rings (SSSR count). The van der Waals surface area contributed by atoms with E-state index in [0.29, 0.717) is 13.1 Å². The third-order valence-electron chi connectivity index (χ3n) is 2.97. The van der Waals surface area contributed by atoms with Gasteiger partial charge in [-0.1, -0.05) is 20.3 Å². The van der Waals surface area contributed by atoms with Crippen LogP contribution in [0.1, 0.15) is 39.5 Å². The fourth-order valence-electron chi connectivity index (χ4n) is 2.34. The number of nitrogens with zero attached hydrogens (tertiary/aromatic N) is 1. The van der Waals surface area contributed by atoms with Crippen molar-refractivity contribution < 1.29 is 8.42 Å². The molecule has 1 heterocycles. The first kappa shape index (κ1) is 13.9. The van der Waals surface area contributed by atoms with E-state index >= 15 is 0 Å². The summed E-state index contributed by atoms with van der Waals surface area (Å²) >= 11 is 0. The number of hydrogen-bond donors (Lipinski definition) is 1. The smallest absolute Gasteiger partial charge is 0.214 e. The molecule has 4 nitrogen and oxygen atoms in total. The van der Waals surface area contributed by atoms with Crippen molar-refractivity contribution >= 4 is 10.0 Å². The van der Waals surface area contributed by atoms with Crippen molar-refractivity contribution in [1.82, 2.24) is 4.31 Å². The van der Waals surface area contributed by atoms with Gasteiger partial charge in [0, 0.05) is 12.6 Å². The Balaban J connectivity index is 2.73. The first-order valence-electron chi connectivity index (χ1n) is 6.17. The minimum atomic E-state index is -3.08. The van der Waals surface area contributed by atoms with Crippen LogP contribution in [-0.4, -0.2) is 37.6 Å². The minimum absolute atomic E-state index is 0.141. The zero-order valence-corrected chi connectivity index (χ0v) is 11.2. The lowest BCUT2D eigenvalue weighted by molar-refractivity contribution is 0.242. The topological polar surface area (TPSA) is 63.4 Å². The lowest BCUT2D eigenvalue weighted by atomic mass is 10.0. The molecule has 2 N–H and O–H groups in total. The molecule has 1 unspecified atom stereocenters. The normalized spacial score (nSPS) is 23.9. The summed E-state index contributed by atoms with van der Waals surface area (Å²) in [5.41, 5.74) is 5.54. The molecule has 5 heteroatoms. The van der Waals surface area contributed by atoms with Crippen LogP contribution in [0.4, 0.5) is 0 Å². The van der Waals surface area contributed by atoms with E-state index in [2.05, 4.69) is 0 Å². The van der Waals surface area contributed by atoms with E-state index in [1.807, 2.05) is 13.8 Å². The first-order chi connectivity index (χ1) is 7.47. The van der Waals surface area contributed by atoms with Crippen molar-refractivity contribution in [1.29, 1.82) is 0 Å². The molecule has 0 amide bonds. The maximum atomic E-state index is 12.2. The zero-order chi connectivity index (χ0) is 12.2. The summed E-state index contributed by atoms with van der Waals surface area (Å²) in [6, 6.07) is 0.141. The van der Waals surface area contributed by atoms with E-state index in [1.165, 1.54) is 0 Å². The summed E-state index contributed by atoms with van der Waals surface area (Å²) in [5.74, 6) is 0.444. The van der Waals surface area contributed by atoms with E-state index in [4.69, 9.17) is 5.73 Å². The molecule has 0 saturated carbocycles. The average Bonchev–Trinajstić information content (AvgIpc) is 2.17. The summed E-state index contributed by atoms with van der Waals surface area (Å²) in [7, 11) is -3.08. The third-order valence-corrected chi connectivity index (χ3v) is 5.26. The van der Waals surface area contributed by atoms with Gasteiger partial charge in [-0.05, 0) is 31.7 Å². The third kappa shape index (κ3) is 3.71. The van der Waals surface area contributed by atoms with E-state index in [9.17, 15) is 8.42 Å². The van der Waals surface area contributed by atoms with Crippen LogP contribution in [0, 0.1) is 5.92 Å². The number of nitrogens with two attached hydrogens (primary N) is 1. The first-order valence-corrected chi connectivity index (χ1v) is 7.78. The van der Waals surface area contributed by atoms with E-state index < -0.39 is 10.0 Å². The van der Waals surface area contributed by atoms with Gasteiger partial charge in [0.25, 0.3) is 0 Å². The molecule has 0 radical (unpaired) electrons. The van der Waals surface area contributed by atoms with Gasteiger partial charge in [0.1, 0.15) is 0 Å². The average molecular weight is 248 g/mol. The minimum Gasteiger partial charge on any atom is -0.330 e. The van der Waals surface area contributed by atoms with Crippen molar-refractivity contribution in [2.45, 2.75) is 45.6 Å². The van der Waals surface area contributed by atoms with Crippen molar-refractivity contribution in [3.05, 3.63) is 0 Å². The van der Waals surface area contributed by atoms with Gasteiger partial charge >= 0.3 is 0 Å². The Morgan fingerprint density at radius 1 is 1.38 bits per heavy atom. The summed E-state index contributed by atoms with van der Waals surface area (Å²) in [6.07, 6.45) is 3.86. The molecule has 0 aliphatic carbocycles.